The van der Waals surface area contributed by atoms with Crippen molar-refractivity contribution in [3.8, 4) is 0 Å². The standard InChI is InChI=1S/C18H18F3N5O3S/c1-10-13-8-12(9-22-16(13)26(3)24-10)23-17(27)11(2)25-30(28,29)15-7-5-4-6-14(15)18(19,20)21/h4-9,11,25H,1-3H3,(H,23,27)/t11-/m1/s1. The van der Waals surface area contributed by atoms with Gasteiger partial charge in [-0.1, -0.05) is 12.1 Å². The zero-order chi connectivity index (χ0) is 22.3. The van der Waals surface area contributed by atoms with Gasteiger partial charge in [-0.25, -0.2) is 13.4 Å². The highest BCUT2D eigenvalue weighted by Crippen LogP contribution is 2.34. The number of alkyl halides is 3. The van der Waals surface area contributed by atoms with Crippen LogP contribution in [-0.4, -0.2) is 35.1 Å². The molecule has 0 aliphatic carbocycles. The second-order valence-electron chi connectivity index (χ2n) is 6.63. The Morgan fingerprint density at radius 3 is 2.57 bits per heavy atom. The van der Waals surface area contributed by atoms with Crippen molar-refractivity contribution in [2.45, 2.75) is 31.0 Å². The number of hydrogen-bond acceptors (Lipinski definition) is 5. The van der Waals surface area contributed by atoms with E-state index in [1.165, 1.54) is 19.2 Å². The number of nitrogens with zero attached hydrogens (tertiary/aromatic N) is 3. The predicted molar refractivity (Wildman–Crippen MR) is 103 cm³/mol. The number of nitrogens with one attached hydrogen (secondary N) is 2. The van der Waals surface area contributed by atoms with Gasteiger partial charge in [0.15, 0.2) is 5.65 Å². The fraction of sp³-hybridized carbons (Fsp3) is 0.278. The number of halogens is 3. The molecule has 3 aromatic rings. The molecule has 0 aliphatic heterocycles. The first-order valence-corrected chi connectivity index (χ1v) is 10.2. The number of rotatable bonds is 5. The van der Waals surface area contributed by atoms with E-state index in [0.29, 0.717) is 28.5 Å². The minimum Gasteiger partial charge on any atom is -0.323 e. The van der Waals surface area contributed by atoms with Crippen LogP contribution in [0.25, 0.3) is 11.0 Å². The number of anilines is 1. The van der Waals surface area contributed by atoms with Gasteiger partial charge in [0, 0.05) is 12.4 Å². The Morgan fingerprint density at radius 1 is 1.23 bits per heavy atom. The lowest BCUT2D eigenvalue weighted by Crippen LogP contribution is -2.42. The van der Waals surface area contributed by atoms with Crippen molar-refractivity contribution in [3.05, 3.63) is 47.8 Å². The Kier molecular flexibility index (Phi) is 5.56. The maximum Gasteiger partial charge on any atom is 0.417 e. The molecule has 30 heavy (non-hydrogen) atoms. The number of benzene rings is 1. The first kappa shape index (κ1) is 21.7. The molecule has 1 aromatic carbocycles. The first-order chi connectivity index (χ1) is 13.9. The van der Waals surface area contributed by atoms with Gasteiger partial charge in [0.2, 0.25) is 15.9 Å². The van der Waals surface area contributed by atoms with E-state index < -0.39 is 38.6 Å². The molecular formula is C18H18F3N5O3S. The molecule has 8 nitrogen and oxygen atoms in total. The predicted octanol–water partition coefficient (Wildman–Crippen LogP) is 2.60. The lowest BCUT2D eigenvalue weighted by Gasteiger charge is -2.17. The SMILES string of the molecule is Cc1nn(C)c2ncc(NC(=O)[C@@H](C)NS(=O)(=O)c3ccccc3C(F)(F)F)cc12. The lowest BCUT2D eigenvalue weighted by molar-refractivity contribution is -0.139. The van der Waals surface area contributed by atoms with E-state index in [-0.39, 0.29) is 0 Å². The van der Waals surface area contributed by atoms with Crippen LogP contribution in [0.5, 0.6) is 0 Å². The van der Waals surface area contributed by atoms with Crippen molar-refractivity contribution in [1.29, 1.82) is 0 Å². The summed E-state index contributed by atoms with van der Waals surface area (Å²) in [5.74, 6) is -0.759. The number of fused-ring (bicyclic) bond motifs is 1. The first-order valence-electron chi connectivity index (χ1n) is 8.69. The fourth-order valence-electron chi connectivity index (χ4n) is 2.91. The summed E-state index contributed by atoms with van der Waals surface area (Å²) in [5.41, 5.74) is 0.272. The highest BCUT2D eigenvalue weighted by atomic mass is 32.2. The van der Waals surface area contributed by atoms with Crippen LogP contribution < -0.4 is 10.0 Å². The van der Waals surface area contributed by atoms with Crippen molar-refractivity contribution in [2.24, 2.45) is 7.05 Å². The molecule has 2 heterocycles. The third kappa shape index (κ3) is 4.28. The summed E-state index contributed by atoms with van der Waals surface area (Å²) in [4.78, 5) is 15.7. The van der Waals surface area contributed by atoms with Gasteiger partial charge >= 0.3 is 6.18 Å². The number of aryl methyl sites for hydroxylation is 2. The molecular weight excluding hydrogens is 423 g/mol. The fourth-order valence-corrected chi connectivity index (χ4v) is 4.34. The number of carbonyl (C=O) groups excluding carboxylic acids is 1. The van der Waals surface area contributed by atoms with Gasteiger partial charge in [-0.05, 0) is 32.0 Å². The molecule has 0 saturated heterocycles. The molecule has 0 unspecified atom stereocenters. The van der Waals surface area contributed by atoms with Gasteiger partial charge in [0.1, 0.15) is 0 Å². The molecule has 0 spiro atoms. The zero-order valence-corrected chi connectivity index (χ0v) is 17.0. The van der Waals surface area contributed by atoms with E-state index in [1.807, 2.05) is 4.72 Å². The van der Waals surface area contributed by atoms with E-state index in [0.717, 1.165) is 12.1 Å². The molecule has 2 N–H and O–H groups in total. The van der Waals surface area contributed by atoms with Gasteiger partial charge in [0.05, 0.1) is 34.1 Å². The third-order valence-corrected chi connectivity index (χ3v) is 5.94. The van der Waals surface area contributed by atoms with Gasteiger partial charge in [-0.15, -0.1) is 0 Å². The van der Waals surface area contributed by atoms with Crippen molar-refractivity contribution < 1.29 is 26.4 Å². The zero-order valence-electron chi connectivity index (χ0n) is 16.1. The maximum absolute atomic E-state index is 13.1. The average Bonchev–Trinajstić information content (AvgIpc) is 2.94. The summed E-state index contributed by atoms with van der Waals surface area (Å²) in [6.07, 6.45) is -3.49. The maximum atomic E-state index is 13.1. The number of hydrogen-bond donors (Lipinski definition) is 2. The molecule has 3 rings (SSSR count). The molecule has 0 fully saturated rings. The molecule has 2 aromatic heterocycles. The highest BCUT2D eigenvalue weighted by molar-refractivity contribution is 7.89. The van der Waals surface area contributed by atoms with Crippen molar-refractivity contribution in [2.75, 3.05) is 5.32 Å². The Morgan fingerprint density at radius 2 is 1.90 bits per heavy atom. The van der Waals surface area contributed by atoms with Crippen molar-refractivity contribution in [1.82, 2.24) is 19.5 Å². The average molecular weight is 441 g/mol. The topological polar surface area (TPSA) is 106 Å². The highest BCUT2D eigenvalue weighted by Gasteiger charge is 2.37. The van der Waals surface area contributed by atoms with E-state index in [4.69, 9.17) is 0 Å². The molecule has 0 saturated carbocycles. The molecule has 0 radical (unpaired) electrons. The molecule has 12 heteroatoms. The van der Waals surface area contributed by atoms with Gasteiger partial charge in [-0.3, -0.25) is 9.48 Å². The van der Waals surface area contributed by atoms with E-state index in [2.05, 4.69) is 15.4 Å². The van der Waals surface area contributed by atoms with Crippen LogP contribution in [0.2, 0.25) is 0 Å². The third-order valence-electron chi connectivity index (χ3n) is 4.34. The number of amides is 1. The summed E-state index contributed by atoms with van der Waals surface area (Å²) in [5, 5.41) is 7.41. The van der Waals surface area contributed by atoms with Crippen LogP contribution in [-0.2, 0) is 28.0 Å². The molecule has 160 valence electrons. The van der Waals surface area contributed by atoms with Crippen LogP contribution >= 0.6 is 0 Å². The molecule has 0 aliphatic rings. The minimum atomic E-state index is -4.86. The molecule has 1 atom stereocenters. The van der Waals surface area contributed by atoms with E-state index >= 15 is 0 Å². The van der Waals surface area contributed by atoms with Crippen LogP contribution in [0.4, 0.5) is 18.9 Å². The number of pyridine rings is 1. The number of carbonyl (C=O) groups is 1. The molecule has 1 amide bonds. The quantitative estimate of drug-likeness (QED) is 0.633. The normalized spacial score (nSPS) is 13.4. The lowest BCUT2D eigenvalue weighted by atomic mass is 10.2. The van der Waals surface area contributed by atoms with Crippen LogP contribution in [0.3, 0.4) is 0 Å². The van der Waals surface area contributed by atoms with E-state index in [9.17, 15) is 26.4 Å². The van der Waals surface area contributed by atoms with Gasteiger partial charge < -0.3 is 5.32 Å². The molecule has 0 bridgehead atoms. The van der Waals surface area contributed by atoms with Gasteiger partial charge in [-0.2, -0.15) is 23.0 Å². The summed E-state index contributed by atoms with van der Waals surface area (Å²) >= 11 is 0. The second-order valence-corrected chi connectivity index (χ2v) is 8.31. The summed E-state index contributed by atoms with van der Waals surface area (Å²) in [7, 11) is -2.89. The second kappa shape index (κ2) is 7.69. The summed E-state index contributed by atoms with van der Waals surface area (Å²) in [6.45, 7) is 2.99. The Labute approximate surface area is 170 Å². The van der Waals surface area contributed by atoms with Crippen molar-refractivity contribution >= 4 is 32.7 Å². The Hall–Kier alpha value is -2.99. The number of sulfonamides is 1. The Balaban J connectivity index is 1.80. The van der Waals surface area contributed by atoms with Crippen molar-refractivity contribution in [3.63, 3.8) is 0 Å². The number of aromatic nitrogens is 3. The summed E-state index contributed by atoms with van der Waals surface area (Å²) < 4.78 is 67.9. The van der Waals surface area contributed by atoms with Crippen LogP contribution in [0, 0.1) is 6.92 Å². The monoisotopic (exact) mass is 441 g/mol. The minimum absolute atomic E-state index is 0.297. The Bertz CT molecular complexity index is 1220. The summed E-state index contributed by atoms with van der Waals surface area (Å²) in [6, 6.07) is 4.03. The largest absolute Gasteiger partial charge is 0.417 e. The smallest absolute Gasteiger partial charge is 0.323 e. The van der Waals surface area contributed by atoms with Crippen LogP contribution in [0.1, 0.15) is 18.2 Å². The van der Waals surface area contributed by atoms with E-state index in [1.54, 1.807) is 24.7 Å². The van der Waals surface area contributed by atoms with Crippen LogP contribution in [0.15, 0.2) is 41.4 Å². The van der Waals surface area contributed by atoms with Gasteiger partial charge in [0.25, 0.3) is 0 Å².